The van der Waals surface area contributed by atoms with Gasteiger partial charge in [0.25, 0.3) is 11.8 Å². The van der Waals surface area contributed by atoms with Crippen LogP contribution in [-0.2, 0) is 9.53 Å². The Balaban J connectivity index is 1.37. The van der Waals surface area contributed by atoms with Crippen molar-refractivity contribution in [1.82, 2.24) is 4.90 Å². The summed E-state index contributed by atoms with van der Waals surface area (Å²) in [6.45, 7) is 2.35. The van der Waals surface area contributed by atoms with Crippen LogP contribution in [0.15, 0.2) is 48.5 Å². The summed E-state index contributed by atoms with van der Waals surface area (Å²) < 4.78 is 11.8. The molecule has 0 N–H and O–H groups in total. The van der Waals surface area contributed by atoms with E-state index in [9.17, 15) is 9.59 Å². The third kappa shape index (κ3) is 4.49. The number of ether oxygens (including phenoxy) is 2. The van der Waals surface area contributed by atoms with E-state index in [-0.39, 0.29) is 18.4 Å². The first kappa shape index (κ1) is 21.7. The van der Waals surface area contributed by atoms with E-state index < -0.39 is 6.10 Å². The van der Waals surface area contributed by atoms with E-state index in [1.54, 1.807) is 9.80 Å². The standard InChI is InChI=1S/C24H26N2O4S2/c27-22(17-6-8-18(9-7-17)24-31-14-3-15-32-24)26-16-21(23(28)25-10-12-29-13-11-25)30-20-5-2-1-4-19(20)26/h1-2,4-9,21,24H,3,10-16H2. The van der Waals surface area contributed by atoms with Gasteiger partial charge in [0.2, 0.25) is 0 Å². The molecule has 3 aliphatic heterocycles. The SMILES string of the molecule is O=C(C1CN(C(=O)c2ccc(C3SCCCS3)cc2)c2ccccc2O1)N1CCOCC1. The minimum Gasteiger partial charge on any atom is -0.476 e. The summed E-state index contributed by atoms with van der Waals surface area (Å²) in [4.78, 5) is 30.0. The van der Waals surface area contributed by atoms with Gasteiger partial charge in [0.05, 0.1) is 30.0 Å². The van der Waals surface area contributed by atoms with Crippen LogP contribution in [0.5, 0.6) is 5.75 Å². The summed E-state index contributed by atoms with van der Waals surface area (Å²) in [7, 11) is 0. The number of carbonyl (C=O) groups excluding carboxylic acids is 2. The van der Waals surface area contributed by atoms with E-state index in [2.05, 4.69) is 12.1 Å². The van der Waals surface area contributed by atoms with E-state index in [0.717, 1.165) is 0 Å². The van der Waals surface area contributed by atoms with Gasteiger partial charge in [-0.15, -0.1) is 23.5 Å². The third-order valence-electron chi connectivity index (χ3n) is 5.87. The number of para-hydroxylation sites is 2. The minimum atomic E-state index is -0.721. The van der Waals surface area contributed by atoms with Crippen molar-refractivity contribution in [2.24, 2.45) is 0 Å². The van der Waals surface area contributed by atoms with Crippen molar-refractivity contribution in [1.29, 1.82) is 0 Å². The van der Waals surface area contributed by atoms with Crippen molar-refractivity contribution < 1.29 is 19.1 Å². The van der Waals surface area contributed by atoms with E-state index in [1.807, 2.05) is 59.9 Å². The number of fused-ring (bicyclic) bond motifs is 1. The van der Waals surface area contributed by atoms with Crippen LogP contribution >= 0.6 is 23.5 Å². The Hall–Kier alpha value is -2.16. The van der Waals surface area contributed by atoms with Gasteiger partial charge in [0, 0.05) is 18.7 Å². The van der Waals surface area contributed by atoms with Crippen LogP contribution in [-0.4, -0.2) is 67.2 Å². The van der Waals surface area contributed by atoms with E-state index in [4.69, 9.17) is 9.47 Å². The predicted octanol–water partition coefficient (Wildman–Crippen LogP) is 3.82. The van der Waals surface area contributed by atoms with Crippen LogP contribution in [0, 0.1) is 0 Å². The molecule has 0 radical (unpaired) electrons. The van der Waals surface area contributed by atoms with Gasteiger partial charge in [-0.2, -0.15) is 0 Å². The fraction of sp³-hybridized carbons (Fsp3) is 0.417. The van der Waals surface area contributed by atoms with Crippen LogP contribution in [0.2, 0.25) is 0 Å². The van der Waals surface area contributed by atoms with E-state index >= 15 is 0 Å². The Bertz CT molecular complexity index is 972. The second kappa shape index (κ2) is 9.77. The molecule has 168 valence electrons. The first-order valence-electron chi connectivity index (χ1n) is 11.0. The second-order valence-corrected chi connectivity index (χ2v) is 10.7. The van der Waals surface area contributed by atoms with Crippen LogP contribution in [0.1, 0.15) is 26.9 Å². The highest BCUT2D eigenvalue weighted by atomic mass is 32.2. The van der Waals surface area contributed by atoms with E-state index in [1.165, 1.54) is 23.5 Å². The molecule has 0 saturated carbocycles. The molecule has 1 atom stereocenters. The molecule has 2 fully saturated rings. The molecule has 2 aromatic rings. The lowest BCUT2D eigenvalue weighted by Crippen LogP contribution is -2.54. The van der Waals surface area contributed by atoms with Crippen molar-refractivity contribution in [2.75, 3.05) is 49.3 Å². The normalized spacial score (nSPS) is 21.6. The summed E-state index contributed by atoms with van der Waals surface area (Å²) in [5.41, 5.74) is 2.57. The average molecular weight is 471 g/mol. The number of morpholine rings is 1. The lowest BCUT2D eigenvalue weighted by molar-refractivity contribution is -0.142. The topological polar surface area (TPSA) is 59.1 Å². The number of rotatable bonds is 3. The number of carbonyl (C=O) groups is 2. The highest BCUT2D eigenvalue weighted by molar-refractivity contribution is 8.16. The maximum Gasteiger partial charge on any atom is 0.265 e. The van der Waals surface area contributed by atoms with Gasteiger partial charge in [0.15, 0.2) is 6.10 Å². The molecule has 8 heteroatoms. The summed E-state index contributed by atoms with van der Waals surface area (Å²) in [5.74, 6) is 2.71. The quantitative estimate of drug-likeness (QED) is 0.680. The Morgan fingerprint density at radius 3 is 2.41 bits per heavy atom. The molecule has 0 aliphatic carbocycles. The molecule has 6 nitrogen and oxygen atoms in total. The summed E-state index contributed by atoms with van der Waals surface area (Å²) in [6, 6.07) is 15.4. The second-order valence-electron chi connectivity index (χ2n) is 7.98. The van der Waals surface area contributed by atoms with Gasteiger partial charge in [-0.05, 0) is 47.8 Å². The molecule has 3 heterocycles. The molecule has 0 spiro atoms. The Labute approximate surface area is 196 Å². The van der Waals surface area contributed by atoms with Gasteiger partial charge in [-0.25, -0.2) is 0 Å². The van der Waals surface area contributed by atoms with Crippen LogP contribution in [0.25, 0.3) is 0 Å². The van der Waals surface area contributed by atoms with Crippen molar-refractivity contribution in [3.63, 3.8) is 0 Å². The van der Waals surface area contributed by atoms with Crippen LogP contribution < -0.4 is 9.64 Å². The number of thioether (sulfide) groups is 2. The average Bonchev–Trinajstić information content (AvgIpc) is 2.88. The predicted molar refractivity (Wildman–Crippen MR) is 129 cm³/mol. The minimum absolute atomic E-state index is 0.0951. The first-order valence-corrected chi connectivity index (χ1v) is 13.1. The maximum atomic E-state index is 13.5. The molecule has 2 aromatic carbocycles. The fourth-order valence-electron chi connectivity index (χ4n) is 4.16. The van der Waals surface area contributed by atoms with Crippen molar-refractivity contribution >= 4 is 41.0 Å². The molecule has 3 aliphatic rings. The summed E-state index contributed by atoms with van der Waals surface area (Å²) in [5, 5.41) is 0. The lowest BCUT2D eigenvalue weighted by Gasteiger charge is -2.37. The number of anilines is 1. The molecule has 2 amide bonds. The molecule has 2 saturated heterocycles. The number of benzene rings is 2. The fourth-order valence-corrected chi connectivity index (χ4v) is 7.06. The highest BCUT2D eigenvalue weighted by Crippen LogP contribution is 2.43. The zero-order chi connectivity index (χ0) is 21.9. The zero-order valence-corrected chi connectivity index (χ0v) is 19.4. The summed E-state index contributed by atoms with van der Waals surface area (Å²) in [6.07, 6.45) is 0.532. The van der Waals surface area contributed by atoms with Crippen molar-refractivity contribution in [3.05, 3.63) is 59.7 Å². The number of nitrogens with zero attached hydrogens (tertiary/aromatic N) is 2. The number of amides is 2. The molecule has 0 aromatic heterocycles. The zero-order valence-electron chi connectivity index (χ0n) is 17.8. The van der Waals surface area contributed by atoms with Crippen LogP contribution in [0.4, 0.5) is 5.69 Å². The largest absolute Gasteiger partial charge is 0.476 e. The van der Waals surface area contributed by atoms with Gasteiger partial charge in [0.1, 0.15) is 5.75 Å². The molecule has 5 rings (SSSR count). The molecule has 32 heavy (non-hydrogen) atoms. The van der Waals surface area contributed by atoms with Crippen molar-refractivity contribution in [2.45, 2.75) is 17.1 Å². The first-order chi connectivity index (χ1) is 15.7. The Morgan fingerprint density at radius 2 is 1.66 bits per heavy atom. The smallest absolute Gasteiger partial charge is 0.265 e. The van der Waals surface area contributed by atoms with E-state index in [0.29, 0.717) is 47.9 Å². The van der Waals surface area contributed by atoms with Gasteiger partial charge in [-0.3, -0.25) is 9.59 Å². The molecular weight excluding hydrogens is 444 g/mol. The van der Waals surface area contributed by atoms with Gasteiger partial charge >= 0.3 is 0 Å². The number of hydrogen-bond acceptors (Lipinski definition) is 6. The summed E-state index contributed by atoms with van der Waals surface area (Å²) >= 11 is 3.93. The van der Waals surface area contributed by atoms with Crippen LogP contribution in [0.3, 0.4) is 0 Å². The molecule has 1 unspecified atom stereocenters. The maximum absolute atomic E-state index is 13.5. The molecular formula is C24H26N2O4S2. The lowest BCUT2D eigenvalue weighted by atomic mass is 10.1. The Kier molecular flexibility index (Phi) is 6.62. The Morgan fingerprint density at radius 1 is 0.938 bits per heavy atom. The highest BCUT2D eigenvalue weighted by Gasteiger charge is 2.36. The van der Waals surface area contributed by atoms with Gasteiger partial charge < -0.3 is 19.3 Å². The molecule has 0 bridgehead atoms. The number of hydrogen-bond donors (Lipinski definition) is 0. The monoisotopic (exact) mass is 470 g/mol. The van der Waals surface area contributed by atoms with Gasteiger partial charge in [-0.1, -0.05) is 24.3 Å². The third-order valence-corrected chi connectivity index (χ3v) is 8.89. The van der Waals surface area contributed by atoms with Crippen molar-refractivity contribution in [3.8, 4) is 5.75 Å².